The summed E-state index contributed by atoms with van der Waals surface area (Å²) in [6.45, 7) is 5.75. The first-order chi connectivity index (χ1) is 6.06. The van der Waals surface area contributed by atoms with Gasteiger partial charge in [-0.05, 0) is 12.3 Å². The Hall–Kier alpha value is -1.19. The summed E-state index contributed by atoms with van der Waals surface area (Å²) in [5, 5.41) is 0. The maximum Gasteiger partial charge on any atom is 0.222 e. The molecule has 13 heavy (non-hydrogen) atoms. The van der Waals surface area contributed by atoms with Crippen LogP contribution >= 0.6 is 0 Å². The molecule has 1 aromatic heterocycles. The van der Waals surface area contributed by atoms with Crippen LogP contribution in [0.3, 0.4) is 0 Å². The van der Waals surface area contributed by atoms with Crippen molar-refractivity contribution in [2.24, 2.45) is 0 Å². The number of hydrogen-bond acceptors (Lipinski definition) is 3. The number of anilines is 1. The van der Waals surface area contributed by atoms with E-state index >= 15 is 0 Å². The lowest BCUT2D eigenvalue weighted by Crippen LogP contribution is -2.08. The van der Waals surface area contributed by atoms with Gasteiger partial charge in [0.1, 0.15) is 0 Å². The molecule has 0 aliphatic heterocycles. The van der Waals surface area contributed by atoms with Crippen molar-refractivity contribution in [2.45, 2.75) is 33.1 Å². The summed E-state index contributed by atoms with van der Waals surface area (Å²) in [5.41, 5.74) is 6.63. The molecule has 0 fully saturated rings. The summed E-state index contributed by atoms with van der Waals surface area (Å²) in [6.07, 6.45) is 0.678. The molecule has 0 spiro atoms. The van der Waals surface area contributed by atoms with Gasteiger partial charge in [0.25, 0.3) is 0 Å². The minimum Gasteiger partial charge on any atom is -0.368 e. The van der Waals surface area contributed by atoms with Crippen molar-refractivity contribution >= 4 is 5.95 Å². The lowest BCUT2D eigenvalue weighted by molar-refractivity contribution is 0.548. The third-order valence-corrected chi connectivity index (χ3v) is 1.91. The van der Waals surface area contributed by atoms with Crippen molar-refractivity contribution < 1.29 is 4.39 Å². The highest BCUT2D eigenvalue weighted by Gasteiger charge is 2.14. The molecule has 0 aliphatic carbocycles. The van der Waals surface area contributed by atoms with Crippen LogP contribution in [0.25, 0.3) is 0 Å². The molecule has 72 valence electrons. The zero-order chi connectivity index (χ0) is 10.0. The van der Waals surface area contributed by atoms with E-state index < -0.39 is 5.95 Å². The van der Waals surface area contributed by atoms with Crippen LogP contribution in [0.15, 0.2) is 0 Å². The molecule has 1 aromatic rings. The molecular weight excluding hydrogens is 169 g/mol. The van der Waals surface area contributed by atoms with Gasteiger partial charge < -0.3 is 5.73 Å². The Labute approximate surface area is 77.2 Å². The van der Waals surface area contributed by atoms with Crippen LogP contribution in [-0.2, 0) is 6.42 Å². The molecule has 4 heteroatoms. The molecule has 0 radical (unpaired) electrons. The summed E-state index contributed by atoms with van der Waals surface area (Å²) in [6, 6.07) is 0. The molecule has 0 aromatic carbocycles. The molecule has 0 atom stereocenters. The lowest BCUT2D eigenvalue weighted by Gasteiger charge is -2.11. The average Bonchev–Trinajstić information content (AvgIpc) is 2.01. The van der Waals surface area contributed by atoms with E-state index in [0.29, 0.717) is 17.7 Å². The van der Waals surface area contributed by atoms with Crippen LogP contribution in [0.5, 0.6) is 0 Å². The average molecular weight is 183 g/mol. The van der Waals surface area contributed by atoms with E-state index in [2.05, 4.69) is 9.97 Å². The minimum absolute atomic E-state index is 0.0127. The number of halogens is 1. The Morgan fingerprint density at radius 3 is 2.46 bits per heavy atom. The minimum atomic E-state index is -0.487. The van der Waals surface area contributed by atoms with Gasteiger partial charge >= 0.3 is 0 Å². The van der Waals surface area contributed by atoms with Gasteiger partial charge in [-0.25, -0.2) is 4.98 Å². The van der Waals surface area contributed by atoms with Gasteiger partial charge in [0.05, 0.1) is 5.69 Å². The zero-order valence-electron chi connectivity index (χ0n) is 8.13. The SMILES string of the molecule is CCc1nc(N)nc(F)c1C(C)C. The highest BCUT2D eigenvalue weighted by atomic mass is 19.1. The van der Waals surface area contributed by atoms with Crippen LogP contribution in [0.4, 0.5) is 10.3 Å². The molecule has 0 amide bonds. The molecule has 2 N–H and O–H groups in total. The molecule has 0 aliphatic rings. The Morgan fingerprint density at radius 1 is 1.38 bits per heavy atom. The summed E-state index contributed by atoms with van der Waals surface area (Å²) < 4.78 is 13.3. The lowest BCUT2D eigenvalue weighted by atomic mass is 10.0. The summed E-state index contributed by atoms with van der Waals surface area (Å²) in [5.74, 6) is -0.381. The van der Waals surface area contributed by atoms with E-state index in [4.69, 9.17) is 5.73 Å². The molecule has 0 saturated carbocycles. The van der Waals surface area contributed by atoms with Crippen molar-refractivity contribution in [3.05, 3.63) is 17.2 Å². The van der Waals surface area contributed by atoms with Crippen molar-refractivity contribution in [3.63, 3.8) is 0 Å². The second-order valence-corrected chi connectivity index (χ2v) is 3.24. The van der Waals surface area contributed by atoms with E-state index in [-0.39, 0.29) is 11.9 Å². The molecule has 3 nitrogen and oxygen atoms in total. The molecule has 1 heterocycles. The van der Waals surface area contributed by atoms with Crippen LogP contribution in [0.1, 0.15) is 37.9 Å². The fraction of sp³-hybridized carbons (Fsp3) is 0.556. The number of nitrogen functional groups attached to an aromatic ring is 1. The van der Waals surface area contributed by atoms with E-state index in [1.807, 2.05) is 20.8 Å². The Kier molecular flexibility index (Phi) is 2.80. The highest BCUT2D eigenvalue weighted by molar-refractivity contribution is 5.28. The predicted octanol–water partition coefficient (Wildman–Crippen LogP) is 1.88. The van der Waals surface area contributed by atoms with Crippen molar-refractivity contribution in [3.8, 4) is 0 Å². The summed E-state index contributed by atoms with van der Waals surface area (Å²) >= 11 is 0. The topological polar surface area (TPSA) is 51.8 Å². The van der Waals surface area contributed by atoms with Gasteiger partial charge in [0.15, 0.2) is 0 Å². The largest absolute Gasteiger partial charge is 0.368 e. The maximum atomic E-state index is 13.3. The third-order valence-electron chi connectivity index (χ3n) is 1.91. The van der Waals surface area contributed by atoms with E-state index in [9.17, 15) is 4.39 Å². The van der Waals surface area contributed by atoms with Crippen molar-refractivity contribution in [1.29, 1.82) is 0 Å². The normalized spacial score (nSPS) is 10.8. The van der Waals surface area contributed by atoms with Crippen LogP contribution in [-0.4, -0.2) is 9.97 Å². The first-order valence-corrected chi connectivity index (χ1v) is 4.38. The number of rotatable bonds is 2. The smallest absolute Gasteiger partial charge is 0.222 e. The number of hydrogen-bond donors (Lipinski definition) is 1. The van der Waals surface area contributed by atoms with E-state index in [1.54, 1.807) is 0 Å². The van der Waals surface area contributed by atoms with Gasteiger partial charge in [-0.2, -0.15) is 9.37 Å². The summed E-state index contributed by atoms with van der Waals surface area (Å²) in [7, 11) is 0. The van der Waals surface area contributed by atoms with E-state index in [0.717, 1.165) is 0 Å². The Morgan fingerprint density at radius 2 is 2.00 bits per heavy atom. The highest BCUT2D eigenvalue weighted by Crippen LogP contribution is 2.21. The standard InChI is InChI=1S/C9H14FN3/c1-4-6-7(5(2)3)8(10)13-9(11)12-6/h5H,4H2,1-3H3,(H2,11,12,13). The third kappa shape index (κ3) is 1.94. The van der Waals surface area contributed by atoms with Gasteiger partial charge in [-0.1, -0.05) is 20.8 Å². The maximum absolute atomic E-state index is 13.3. The second-order valence-electron chi connectivity index (χ2n) is 3.24. The fourth-order valence-corrected chi connectivity index (χ4v) is 1.34. The molecule has 0 bridgehead atoms. The number of nitrogens with zero attached hydrogens (tertiary/aromatic N) is 2. The van der Waals surface area contributed by atoms with Crippen molar-refractivity contribution in [2.75, 3.05) is 5.73 Å². The number of aromatic nitrogens is 2. The van der Waals surface area contributed by atoms with Crippen LogP contribution in [0, 0.1) is 5.95 Å². The predicted molar refractivity (Wildman–Crippen MR) is 49.9 cm³/mol. The number of aryl methyl sites for hydroxylation is 1. The quantitative estimate of drug-likeness (QED) is 0.712. The Bertz CT molecular complexity index is 310. The zero-order valence-corrected chi connectivity index (χ0v) is 8.13. The first kappa shape index (κ1) is 9.89. The summed E-state index contributed by atoms with van der Waals surface area (Å²) in [4.78, 5) is 7.50. The van der Waals surface area contributed by atoms with Crippen LogP contribution in [0.2, 0.25) is 0 Å². The number of nitrogens with two attached hydrogens (primary N) is 1. The first-order valence-electron chi connectivity index (χ1n) is 4.38. The Balaban J connectivity index is 3.30. The van der Waals surface area contributed by atoms with Gasteiger partial charge in [-0.3, -0.25) is 0 Å². The van der Waals surface area contributed by atoms with E-state index in [1.165, 1.54) is 0 Å². The van der Waals surface area contributed by atoms with Crippen molar-refractivity contribution in [1.82, 2.24) is 9.97 Å². The van der Waals surface area contributed by atoms with Gasteiger partial charge in [0.2, 0.25) is 11.9 Å². The molecular formula is C9H14FN3. The fourth-order valence-electron chi connectivity index (χ4n) is 1.34. The molecule has 0 saturated heterocycles. The van der Waals surface area contributed by atoms with Gasteiger partial charge in [0, 0.05) is 5.56 Å². The molecule has 1 rings (SSSR count). The van der Waals surface area contributed by atoms with Crippen LogP contribution < -0.4 is 5.73 Å². The molecule has 0 unspecified atom stereocenters. The second kappa shape index (κ2) is 3.68. The van der Waals surface area contributed by atoms with Gasteiger partial charge in [-0.15, -0.1) is 0 Å². The monoisotopic (exact) mass is 183 g/mol.